The molecular formula is C24H31BrN2O3. The molecule has 162 valence electrons. The molecule has 0 aromatic heterocycles. The second-order valence-corrected chi connectivity index (χ2v) is 9.89. The van der Waals surface area contributed by atoms with E-state index >= 15 is 0 Å². The van der Waals surface area contributed by atoms with Crippen LogP contribution < -0.4 is 0 Å². The van der Waals surface area contributed by atoms with Gasteiger partial charge in [0, 0.05) is 28.8 Å². The quantitative estimate of drug-likeness (QED) is 0.527. The number of rotatable bonds is 3. The van der Waals surface area contributed by atoms with Crippen LogP contribution in [-0.4, -0.2) is 33.3 Å². The molecule has 0 aliphatic carbocycles. The molecule has 0 saturated carbocycles. The Morgan fingerprint density at radius 2 is 1.53 bits per heavy atom. The highest BCUT2D eigenvalue weighted by Crippen LogP contribution is 2.40. The average Bonchev–Trinajstić information content (AvgIpc) is 2.87. The zero-order chi connectivity index (χ0) is 21.7. The summed E-state index contributed by atoms with van der Waals surface area (Å²) in [6, 6.07) is 8.48. The van der Waals surface area contributed by atoms with Crippen LogP contribution in [0.15, 0.2) is 30.3 Å². The van der Waals surface area contributed by atoms with Crippen LogP contribution in [0.3, 0.4) is 0 Å². The first-order valence-corrected chi connectivity index (χ1v) is 9.86. The summed E-state index contributed by atoms with van der Waals surface area (Å²) >= 11 is 0. The van der Waals surface area contributed by atoms with Gasteiger partial charge in [0.05, 0.1) is 6.54 Å². The number of nitrogens with zero attached hydrogens (tertiary/aromatic N) is 1. The number of carbonyl (C=O) groups is 1. The lowest BCUT2D eigenvalue weighted by molar-refractivity contribution is 0.0962. The monoisotopic (exact) mass is 474 g/mol. The third-order valence-corrected chi connectivity index (χ3v) is 5.40. The van der Waals surface area contributed by atoms with Gasteiger partial charge in [0.1, 0.15) is 17.3 Å². The van der Waals surface area contributed by atoms with Crippen molar-refractivity contribution in [2.75, 3.05) is 6.54 Å². The Hall–Kier alpha value is -2.34. The second kappa shape index (κ2) is 8.06. The van der Waals surface area contributed by atoms with Gasteiger partial charge < -0.3 is 15.1 Å². The molecule has 0 unspecified atom stereocenters. The highest BCUT2D eigenvalue weighted by molar-refractivity contribution is 8.93. The number of hydrogen-bond acceptors (Lipinski definition) is 4. The van der Waals surface area contributed by atoms with E-state index in [0.29, 0.717) is 17.9 Å². The Balaban J connectivity index is 0.00000320. The summed E-state index contributed by atoms with van der Waals surface area (Å²) < 4.78 is 0. The predicted molar refractivity (Wildman–Crippen MR) is 126 cm³/mol. The zero-order valence-electron chi connectivity index (χ0n) is 18.5. The number of aromatic hydroxyl groups is 2. The molecule has 0 radical (unpaired) electrons. The molecule has 0 bridgehead atoms. The Bertz CT molecular complexity index is 965. The lowest BCUT2D eigenvalue weighted by Gasteiger charge is -2.28. The maximum atomic E-state index is 13.2. The van der Waals surface area contributed by atoms with Gasteiger partial charge in [-0.25, -0.2) is 0 Å². The number of halogens is 1. The fourth-order valence-corrected chi connectivity index (χ4v) is 3.74. The van der Waals surface area contributed by atoms with Crippen molar-refractivity contribution in [1.29, 1.82) is 5.41 Å². The molecule has 1 heterocycles. The van der Waals surface area contributed by atoms with Crippen LogP contribution in [0.4, 0.5) is 0 Å². The molecule has 30 heavy (non-hydrogen) atoms. The number of Topliss-reactive ketones (excluding diaryl/α,β-unsaturated/α-hetero) is 1. The Labute approximate surface area is 189 Å². The first kappa shape index (κ1) is 23.9. The van der Waals surface area contributed by atoms with Gasteiger partial charge in [-0.15, -0.1) is 17.0 Å². The van der Waals surface area contributed by atoms with E-state index in [4.69, 9.17) is 5.41 Å². The first-order valence-electron chi connectivity index (χ1n) is 9.86. The fourth-order valence-electron chi connectivity index (χ4n) is 3.74. The van der Waals surface area contributed by atoms with Gasteiger partial charge in [0.25, 0.3) is 0 Å². The van der Waals surface area contributed by atoms with E-state index in [9.17, 15) is 15.0 Å². The molecule has 0 atom stereocenters. The molecule has 1 aliphatic rings. The van der Waals surface area contributed by atoms with E-state index in [1.807, 2.05) is 41.5 Å². The summed E-state index contributed by atoms with van der Waals surface area (Å²) in [5.74, 6) is 0.605. The van der Waals surface area contributed by atoms with E-state index in [1.165, 1.54) is 0 Å². The minimum absolute atomic E-state index is 0. The number of fused-ring (bicyclic) bond motifs is 1. The molecule has 5 nitrogen and oxygen atoms in total. The van der Waals surface area contributed by atoms with Crippen LogP contribution in [0.1, 0.15) is 74.2 Å². The smallest absolute Gasteiger partial charge is 0.182 e. The molecule has 0 saturated heterocycles. The van der Waals surface area contributed by atoms with Crippen molar-refractivity contribution in [2.45, 2.75) is 58.9 Å². The van der Waals surface area contributed by atoms with E-state index < -0.39 is 0 Å². The maximum Gasteiger partial charge on any atom is 0.182 e. The summed E-state index contributed by atoms with van der Waals surface area (Å²) in [5.41, 5.74) is 3.01. The van der Waals surface area contributed by atoms with Gasteiger partial charge in [0.15, 0.2) is 5.78 Å². The van der Waals surface area contributed by atoms with Gasteiger partial charge in [-0.1, -0.05) is 41.5 Å². The van der Waals surface area contributed by atoms with Crippen molar-refractivity contribution in [1.82, 2.24) is 4.90 Å². The Kier molecular flexibility index (Phi) is 6.43. The summed E-state index contributed by atoms with van der Waals surface area (Å²) in [5, 5.41) is 28.9. The van der Waals surface area contributed by atoms with Gasteiger partial charge in [0.2, 0.25) is 0 Å². The number of phenols is 2. The van der Waals surface area contributed by atoms with Gasteiger partial charge in [-0.05, 0) is 46.7 Å². The number of amidine groups is 1. The van der Waals surface area contributed by atoms with Crippen molar-refractivity contribution in [3.63, 3.8) is 0 Å². The molecule has 0 fully saturated rings. The number of hydrogen-bond donors (Lipinski definition) is 3. The van der Waals surface area contributed by atoms with Crippen molar-refractivity contribution < 1.29 is 15.0 Å². The molecular weight excluding hydrogens is 444 g/mol. The van der Waals surface area contributed by atoms with Crippen molar-refractivity contribution in [2.24, 2.45) is 0 Å². The number of carbonyl (C=O) groups excluding carboxylic acids is 1. The van der Waals surface area contributed by atoms with E-state index in [-0.39, 0.29) is 51.6 Å². The second-order valence-electron chi connectivity index (χ2n) is 9.89. The lowest BCUT2D eigenvalue weighted by Crippen LogP contribution is -2.30. The molecule has 2 aromatic rings. The summed E-state index contributed by atoms with van der Waals surface area (Å²) in [4.78, 5) is 14.9. The normalized spacial score (nSPS) is 13.8. The van der Waals surface area contributed by atoms with E-state index in [1.54, 1.807) is 35.2 Å². The SMILES string of the molecule is Br.CC(C)(C)c1cc(C(=O)CN2Cc3cc(O)ccc3C2=N)cc(C(C)(C)C)c1O. The maximum absolute atomic E-state index is 13.2. The number of benzene rings is 2. The standard InChI is InChI=1S/C24H30N2O3.BrH/c1-23(2,3)18-10-14(11-19(21(18)29)24(4,5)6)20(28)13-26-12-15-9-16(27)7-8-17(15)22(26)25;/h7-11,25,27,29H,12-13H2,1-6H3;1H. The highest BCUT2D eigenvalue weighted by Gasteiger charge is 2.30. The molecule has 3 N–H and O–H groups in total. The lowest BCUT2D eigenvalue weighted by atomic mass is 9.78. The average molecular weight is 475 g/mol. The summed E-state index contributed by atoms with van der Waals surface area (Å²) in [6.45, 7) is 12.6. The molecule has 1 aliphatic heterocycles. The van der Waals surface area contributed by atoms with E-state index in [0.717, 1.165) is 22.3 Å². The third-order valence-electron chi connectivity index (χ3n) is 5.40. The first-order chi connectivity index (χ1) is 13.3. The number of nitrogens with one attached hydrogen (secondary N) is 1. The third kappa shape index (κ3) is 4.53. The zero-order valence-corrected chi connectivity index (χ0v) is 20.2. The van der Waals surface area contributed by atoms with Crippen molar-refractivity contribution >= 4 is 28.6 Å². The molecule has 2 aromatic carbocycles. The Morgan fingerprint density at radius 3 is 2.03 bits per heavy atom. The van der Waals surface area contributed by atoms with E-state index in [2.05, 4.69) is 0 Å². The fraction of sp³-hybridized carbons (Fsp3) is 0.417. The summed E-state index contributed by atoms with van der Waals surface area (Å²) in [7, 11) is 0. The topological polar surface area (TPSA) is 84.6 Å². The Morgan fingerprint density at radius 1 is 1.00 bits per heavy atom. The number of phenolic OH excluding ortho intramolecular Hbond substituents is 2. The molecule has 0 spiro atoms. The van der Waals surface area contributed by atoms with Crippen LogP contribution in [0.5, 0.6) is 11.5 Å². The predicted octanol–water partition coefficient (Wildman–Crippen LogP) is 5.29. The minimum atomic E-state index is -0.311. The number of ketones is 1. The van der Waals surface area contributed by atoms with Crippen LogP contribution >= 0.6 is 17.0 Å². The van der Waals surface area contributed by atoms with Crippen LogP contribution in [0, 0.1) is 5.41 Å². The summed E-state index contributed by atoms with van der Waals surface area (Å²) in [6.07, 6.45) is 0. The van der Waals surface area contributed by atoms with Crippen LogP contribution in [0.25, 0.3) is 0 Å². The van der Waals surface area contributed by atoms with Gasteiger partial charge in [-0.2, -0.15) is 0 Å². The molecule has 3 rings (SSSR count). The molecule has 6 heteroatoms. The van der Waals surface area contributed by atoms with Gasteiger partial charge >= 0.3 is 0 Å². The molecule has 0 amide bonds. The van der Waals surface area contributed by atoms with Gasteiger partial charge in [-0.3, -0.25) is 10.2 Å². The highest BCUT2D eigenvalue weighted by atomic mass is 79.9. The van der Waals surface area contributed by atoms with Crippen LogP contribution in [-0.2, 0) is 17.4 Å². The minimum Gasteiger partial charge on any atom is -0.508 e. The van der Waals surface area contributed by atoms with Crippen molar-refractivity contribution in [3.8, 4) is 11.5 Å². The van der Waals surface area contributed by atoms with Crippen LogP contribution in [0.2, 0.25) is 0 Å². The van der Waals surface area contributed by atoms with Crippen molar-refractivity contribution in [3.05, 3.63) is 58.1 Å². The largest absolute Gasteiger partial charge is 0.508 e.